The van der Waals surface area contributed by atoms with Gasteiger partial charge in [-0.2, -0.15) is 0 Å². The highest BCUT2D eigenvalue weighted by Crippen LogP contribution is 2.22. The Hall–Kier alpha value is -1.68. The van der Waals surface area contributed by atoms with Gasteiger partial charge in [0.15, 0.2) is 16.8 Å². The number of phenolic OH excluding ortho intramolecular Hbond substituents is 1. The van der Waals surface area contributed by atoms with Crippen LogP contribution in [0.1, 0.15) is 5.69 Å². The van der Waals surface area contributed by atoms with Gasteiger partial charge in [0.1, 0.15) is 5.75 Å². The van der Waals surface area contributed by atoms with Gasteiger partial charge in [0.25, 0.3) is 0 Å². The van der Waals surface area contributed by atoms with E-state index in [4.69, 9.17) is 16.7 Å². The first kappa shape index (κ1) is 10.8. The van der Waals surface area contributed by atoms with Crippen molar-refractivity contribution in [3.05, 3.63) is 40.9 Å². The molecule has 16 heavy (non-hydrogen) atoms. The highest BCUT2D eigenvalue weighted by molar-refractivity contribution is 6.29. The van der Waals surface area contributed by atoms with Crippen LogP contribution in [0.5, 0.6) is 5.75 Å². The van der Waals surface area contributed by atoms with Crippen molar-refractivity contribution in [2.24, 2.45) is 0 Å². The van der Waals surface area contributed by atoms with Crippen molar-refractivity contribution >= 4 is 11.6 Å². The lowest BCUT2D eigenvalue weighted by molar-refractivity contribution is 0.475. The lowest BCUT2D eigenvalue weighted by Crippen LogP contribution is -1.97. The lowest BCUT2D eigenvalue weighted by atomic mass is 10.2. The van der Waals surface area contributed by atoms with Crippen LogP contribution in [0.15, 0.2) is 24.3 Å². The third-order valence-corrected chi connectivity index (χ3v) is 2.35. The zero-order valence-corrected chi connectivity index (χ0v) is 9.16. The highest BCUT2D eigenvalue weighted by Gasteiger charge is 2.10. The monoisotopic (exact) mass is 238 g/mol. The number of hydrogen-bond donors (Lipinski definition) is 1. The van der Waals surface area contributed by atoms with Gasteiger partial charge in [-0.15, -0.1) is 0 Å². The highest BCUT2D eigenvalue weighted by atomic mass is 35.5. The van der Waals surface area contributed by atoms with Crippen LogP contribution in [-0.4, -0.2) is 15.1 Å². The third-order valence-electron chi connectivity index (χ3n) is 2.10. The summed E-state index contributed by atoms with van der Waals surface area (Å²) < 4.78 is 13.2. The predicted molar refractivity (Wildman–Crippen MR) is 58.8 cm³/mol. The molecule has 1 heterocycles. The maximum Gasteiger partial charge on any atom is 0.181 e. The molecule has 0 fully saturated rings. The summed E-state index contributed by atoms with van der Waals surface area (Å²) in [4.78, 5) is 7.81. The lowest BCUT2D eigenvalue weighted by Gasteiger charge is -2.03. The van der Waals surface area contributed by atoms with Crippen molar-refractivity contribution in [1.82, 2.24) is 9.97 Å². The predicted octanol–water partition coefficient (Wildman–Crippen LogP) is 2.95. The van der Waals surface area contributed by atoms with Crippen molar-refractivity contribution < 1.29 is 9.50 Å². The van der Waals surface area contributed by atoms with Crippen LogP contribution < -0.4 is 0 Å². The van der Waals surface area contributed by atoms with Gasteiger partial charge in [-0.05, 0) is 31.2 Å². The van der Waals surface area contributed by atoms with Crippen molar-refractivity contribution in [2.45, 2.75) is 6.92 Å². The molecule has 0 amide bonds. The molecule has 0 saturated heterocycles. The molecule has 0 radical (unpaired) electrons. The van der Waals surface area contributed by atoms with Crippen LogP contribution in [0.3, 0.4) is 0 Å². The van der Waals surface area contributed by atoms with E-state index in [9.17, 15) is 4.39 Å². The van der Waals surface area contributed by atoms with Crippen LogP contribution in [0, 0.1) is 12.7 Å². The second-order valence-electron chi connectivity index (χ2n) is 3.28. The van der Waals surface area contributed by atoms with Gasteiger partial charge in [-0.1, -0.05) is 11.6 Å². The maximum absolute atomic E-state index is 13.2. The topological polar surface area (TPSA) is 46.0 Å². The average Bonchev–Trinajstić information content (AvgIpc) is 2.26. The molecule has 1 aromatic carbocycles. The standard InChI is InChI=1S/C11H8ClFN2O/c1-6-9(13)10(12)15-11(14-6)7-2-4-8(16)5-3-7/h2-5,16H,1H3. The Labute approximate surface area is 96.6 Å². The van der Waals surface area contributed by atoms with E-state index in [-0.39, 0.29) is 16.6 Å². The number of aromatic hydroxyl groups is 1. The summed E-state index contributed by atoms with van der Waals surface area (Å²) in [7, 11) is 0. The van der Waals surface area contributed by atoms with Crippen LogP contribution in [0.25, 0.3) is 11.4 Å². The first-order chi connectivity index (χ1) is 7.58. The largest absolute Gasteiger partial charge is 0.508 e. The fraction of sp³-hybridized carbons (Fsp3) is 0.0909. The first-order valence-electron chi connectivity index (χ1n) is 4.57. The molecule has 82 valence electrons. The van der Waals surface area contributed by atoms with Crippen molar-refractivity contribution in [3.63, 3.8) is 0 Å². The molecule has 0 aliphatic rings. The molecule has 0 spiro atoms. The SMILES string of the molecule is Cc1nc(-c2ccc(O)cc2)nc(Cl)c1F. The van der Waals surface area contributed by atoms with Gasteiger partial charge < -0.3 is 5.11 Å². The minimum absolute atomic E-state index is 0.147. The van der Waals surface area contributed by atoms with E-state index in [1.54, 1.807) is 12.1 Å². The Kier molecular flexibility index (Phi) is 2.75. The number of halogens is 2. The summed E-state index contributed by atoms with van der Waals surface area (Å²) in [5.41, 5.74) is 0.867. The average molecular weight is 239 g/mol. The molecular formula is C11H8ClFN2O. The number of hydrogen-bond acceptors (Lipinski definition) is 3. The number of benzene rings is 1. The fourth-order valence-electron chi connectivity index (χ4n) is 1.26. The molecule has 0 bridgehead atoms. The van der Waals surface area contributed by atoms with Crippen molar-refractivity contribution in [2.75, 3.05) is 0 Å². The van der Waals surface area contributed by atoms with Gasteiger partial charge in [0.2, 0.25) is 0 Å². The summed E-state index contributed by atoms with van der Waals surface area (Å²) >= 11 is 5.62. The van der Waals surface area contributed by atoms with Crippen LogP contribution >= 0.6 is 11.6 Å². The molecule has 5 heteroatoms. The molecule has 0 aliphatic heterocycles. The molecule has 2 rings (SSSR count). The smallest absolute Gasteiger partial charge is 0.181 e. The number of aromatic nitrogens is 2. The van der Waals surface area contributed by atoms with Crippen molar-refractivity contribution in [1.29, 1.82) is 0 Å². The van der Waals surface area contributed by atoms with Gasteiger partial charge in [-0.25, -0.2) is 14.4 Å². The summed E-state index contributed by atoms with van der Waals surface area (Å²) in [6.45, 7) is 1.52. The third kappa shape index (κ3) is 1.97. The van der Waals surface area contributed by atoms with Crippen LogP contribution in [-0.2, 0) is 0 Å². The minimum atomic E-state index is -0.607. The second kappa shape index (κ2) is 4.06. The first-order valence-corrected chi connectivity index (χ1v) is 4.95. The Balaban J connectivity index is 2.52. The van der Waals surface area contributed by atoms with E-state index in [1.807, 2.05) is 0 Å². The van der Waals surface area contributed by atoms with Gasteiger partial charge >= 0.3 is 0 Å². The minimum Gasteiger partial charge on any atom is -0.508 e. The Morgan fingerprint density at radius 3 is 2.38 bits per heavy atom. The molecule has 0 atom stereocenters. The van der Waals surface area contributed by atoms with Gasteiger partial charge in [0, 0.05) is 5.56 Å². The molecule has 3 nitrogen and oxygen atoms in total. The molecular weight excluding hydrogens is 231 g/mol. The molecule has 1 N–H and O–H groups in total. The van der Waals surface area contributed by atoms with Crippen LogP contribution in [0.4, 0.5) is 4.39 Å². The number of nitrogens with zero attached hydrogens (tertiary/aromatic N) is 2. The maximum atomic E-state index is 13.2. The normalized spacial score (nSPS) is 10.4. The Morgan fingerprint density at radius 1 is 1.19 bits per heavy atom. The molecule has 1 aromatic heterocycles. The van der Waals surface area contributed by atoms with E-state index < -0.39 is 5.82 Å². The van der Waals surface area contributed by atoms with Crippen LogP contribution in [0.2, 0.25) is 5.15 Å². The van der Waals surface area contributed by atoms with Gasteiger partial charge in [0.05, 0.1) is 5.69 Å². The van der Waals surface area contributed by atoms with E-state index >= 15 is 0 Å². The summed E-state index contributed by atoms with van der Waals surface area (Å²) in [5.74, 6) is -0.123. The summed E-state index contributed by atoms with van der Waals surface area (Å²) in [5, 5.41) is 8.93. The van der Waals surface area contributed by atoms with Crippen molar-refractivity contribution in [3.8, 4) is 17.1 Å². The molecule has 2 aromatic rings. The van der Waals surface area contributed by atoms with E-state index in [2.05, 4.69) is 9.97 Å². The summed E-state index contributed by atoms with van der Waals surface area (Å²) in [6, 6.07) is 6.28. The fourth-order valence-corrected chi connectivity index (χ4v) is 1.48. The summed E-state index contributed by atoms with van der Waals surface area (Å²) in [6.07, 6.45) is 0. The number of rotatable bonds is 1. The number of phenols is 1. The molecule has 0 aliphatic carbocycles. The number of aryl methyl sites for hydroxylation is 1. The van der Waals surface area contributed by atoms with Gasteiger partial charge in [-0.3, -0.25) is 0 Å². The quantitative estimate of drug-likeness (QED) is 0.777. The van der Waals surface area contributed by atoms with E-state index in [0.717, 1.165) is 0 Å². The van der Waals surface area contributed by atoms with E-state index in [1.165, 1.54) is 19.1 Å². The van der Waals surface area contributed by atoms with E-state index in [0.29, 0.717) is 11.4 Å². The Morgan fingerprint density at radius 2 is 1.81 bits per heavy atom. The molecule has 0 unspecified atom stereocenters. The zero-order valence-electron chi connectivity index (χ0n) is 8.41. The molecule has 0 saturated carbocycles. The zero-order chi connectivity index (χ0) is 11.7. The second-order valence-corrected chi connectivity index (χ2v) is 3.64. The Bertz CT molecular complexity index is 505.